The lowest BCUT2D eigenvalue weighted by Gasteiger charge is -2.35. The highest BCUT2D eigenvalue weighted by molar-refractivity contribution is 14.0. The predicted octanol–water partition coefficient (Wildman–Crippen LogP) is 2.93. The van der Waals surface area contributed by atoms with Gasteiger partial charge in [0.1, 0.15) is 0 Å². The Bertz CT molecular complexity index is 579. The topological polar surface area (TPSA) is 54.1 Å². The van der Waals surface area contributed by atoms with Gasteiger partial charge in [0.05, 0.1) is 19.8 Å². The number of nitrogens with zero attached hydrogens (tertiary/aromatic N) is 3. The molecule has 6 heteroatoms. The van der Waals surface area contributed by atoms with Crippen LogP contribution < -0.4 is 5.73 Å². The summed E-state index contributed by atoms with van der Waals surface area (Å²) in [7, 11) is 0. The van der Waals surface area contributed by atoms with E-state index in [1.807, 2.05) is 0 Å². The maximum atomic E-state index is 6.18. The van der Waals surface area contributed by atoms with Crippen LogP contribution in [-0.4, -0.2) is 55.2 Å². The van der Waals surface area contributed by atoms with Crippen LogP contribution in [0.25, 0.3) is 0 Å². The van der Waals surface area contributed by atoms with Crippen LogP contribution in [0.1, 0.15) is 31.4 Å². The Kier molecular flexibility index (Phi) is 8.63. The van der Waals surface area contributed by atoms with Gasteiger partial charge in [-0.05, 0) is 29.4 Å². The van der Waals surface area contributed by atoms with Gasteiger partial charge in [-0.15, -0.1) is 24.0 Å². The zero-order valence-electron chi connectivity index (χ0n) is 16.1. The van der Waals surface area contributed by atoms with E-state index in [9.17, 15) is 0 Å². The summed E-state index contributed by atoms with van der Waals surface area (Å²) in [5, 5.41) is 0. The minimum Gasteiger partial charge on any atom is -0.378 e. The molecule has 2 aliphatic rings. The molecule has 0 spiro atoms. The molecule has 5 nitrogen and oxygen atoms in total. The van der Waals surface area contributed by atoms with E-state index in [2.05, 4.69) is 52.9 Å². The van der Waals surface area contributed by atoms with Crippen molar-refractivity contribution in [2.75, 3.05) is 39.4 Å². The second kappa shape index (κ2) is 10.5. The Labute approximate surface area is 175 Å². The lowest BCUT2D eigenvalue weighted by Crippen LogP contribution is -2.44. The molecule has 146 valence electrons. The van der Waals surface area contributed by atoms with Gasteiger partial charge in [-0.2, -0.15) is 0 Å². The Morgan fingerprint density at radius 3 is 2.38 bits per heavy atom. The van der Waals surface area contributed by atoms with Crippen molar-refractivity contribution in [2.24, 2.45) is 22.6 Å². The zero-order chi connectivity index (χ0) is 17.6. The molecule has 2 atom stereocenters. The third-order valence-electron chi connectivity index (χ3n) is 5.20. The summed E-state index contributed by atoms with van der Waals surface area (Å²) in [5.74, 6) is 2.20. The zero-order valence-corrected chi connectivity index (χ0v) is 18.4. The van der Waals surface area contributed by atoms with Crippen LogP contribution >= 0.6 is 24.0 Å². The highest BCUT2D eigenvalue weighted by atomic mass is 127. The van der Waals surface area contributed by atoms with E-state index in [4.69, 9.17) is 10.5 Å². The van der Waals surface area contributed by atoms with Gasteiger partial charge in [0, 0.05) is 32.7 Å². The number of ether oxygens (including phenoxy) is 1. The average Bonchev–Trinajstić information content (AvgIpc) is 2.60. The molecule has 2 heterocycles. The van der Waals surface area contributed by atoms with Crippen molar-refractivity contribution < 1.29 is 4.74 Å². The number of likely N-dealkylation sites (tertiary alicyclic amines) is 1. The van der Waals surface area contributed by atoms with Crippen molar-refractivity contribution in [3.05, 3.63) is 35.4 Å². The van der Waals surface area contributed by atoms with Gasteiger partial charge in [0.25, 0.3) is 0 Å². The Morgan fingerprint density at radius 2 is 1.73 bits per heavy atom. The SMILES string of the molecule is CC1CC(C)CN(Cc2ccccc2CN=C(N)N2CCOCC2)C1.I. The van der Waals surface area contributed by atoms with Crippen LogP contribution in [0.15, 0.2) is 29.3 Å². The van der Waals surface area contributed by atoms with Crippen molar-refractivity contribution >= 4 is 29.9 Å². The largest absolute Gasteiger partial charge is 0.378 e. The van der Waals surface area contributed by atoms with E-state index < -0.39 is 0 Å². The van der Waals surface area contributed by atoms with Crippen molar-refractivity contribution in [1.29, 1.82) is 0 Å². The molecule has 0 saturated carbocycles. The monoisotopic (exact) mass is 472 g/mol. The van der Waals surface area contributed by atoms with Gasteiger partial charge in [-0.25, -0.2) is 4.99 Å². The molecule has 0 amide bonds. The van der Waals surface area contributed by atoms with Crippen molar-refractivity contribution in [1.82, 2.24) is 9.80 Å². The average molecular weight is 472 g/mol. The lowest BCUT2D eigenvalue weighted by atomic mass is 9.91. The molecule has 1 aromatic carbocycles. The van der Waals surface area contributed by atoms with Crippen LogP contribution in [0.3, 0.4) is 0 Å². The van der Waals surface area contributed by atoms with Gasteiger partial charge in [0.15, 0.2) is 5.96 Å². The molecule has 3 rings (SSSR count). The summed E-state index contributed by atoms with van der Waals surface area (Å²) in [6.45, 7) is 11.9. The minimum absolute atomic E-state index is 0. The van der Waals surface area contributed by atoms with E-state index in [1.54, 1.807) is 0 Å². The quantitative estimate of drug-likeness (QED) is 0.416. The summed E-state index contributed by atoms with van der Waals surface area (Å²) in [6.07, 6.45) is 1.35. The van der Waals surface area contributed by atoms with Crippen molar-refractivity contribution in [3.63, 3.8) is 0 Å². The lowest BCUT2D eigenvalue weighted by molar-refractivity contribution is 0.0674. The molecular weight excluding hydrogens is 439 g/mol. The molecule has 26 heavy (non-hydrogen) atoms. The molecule has 1 aromatic rings. The van der Waals surface area contributed by atoms with E-state index in [1.165, 1.54) is 30.6 Å². The van der Waals surface area contributed by atoms with Crippen LogP contribution in [0, 0.1) is 11.8 Å². The fourth-order valence-corrected chi connectivity index (χ4v) is 4.09. The Morgan fingerprint density at radius 1 is 1.12 bits per heavy atom. The van der Waals surface area contributed by atoms with Gasteiger partial charge in [-0.3, -0.25) is 4.90 Å². The van der Waals surface area contributed by atoms with Crippen LogP contribution in [0.2, 0.25) is 0 Å². The first-order valence-electron chi connectivity index (χ1n) is 9.53. The number of hydrogen-bond acceptors (Lipinski definition) is 3. The smallest absolute Gasteiger partial charge is 0.191 e. The van der Waals surface area contributed by atoms with Crippen LogP contribution in [0.4, 0.5) is 0 Å². The Balaban J connectivity index is 0.00000243. The van der Waals surface area contributed by atoms with E-state index in [0.29, 0.717) is 12.5 Å². The van der Waals surface area contributed by atoms with E-state index in [-0.39, 0.29) is 24.0 Å². The fourth-order valence-electron chi connectivity index (χ4n) is 4.09. The third kappa shape index (κ3) is 6.09. The summed E-state index contributed by atoms with van der Waals surface area (Å²) < 4.78 is 5.38. The molecule has 2 unspecified atom stereocenters. The second-order valence-electron chi connectivity index (χ2n) is 7.68. The van der Waals surface area contributed by atoms with Gasteiger partial charge in [0.2, 0.25) is 0 Å². The van der Waals surface area contributed by atoms with E-state index in [0.717, 1.165) is 44.7 Å². The number of morpholine rings is 1. The molecule has 2 saturated heterocycles. The third-order valence-corrected chi connectivity index (χ3v) is 5.20. The molecule has 2 aliphatic heterocycles. The molecule has 2 fully saturated rings. The molecular formula is C20H33IN4O. The van der Waals surface area contributed by atoms with E-state index >= 15 is 0 Å². The number of nitrogens with two attached hydrogens (primary N) is 1. The summed E-state index contributed by atoms with van der Waals surface area (Å²) >= 11 is 0. The molecule has 0 radical (unpaired) electrons. The second-order valence-corrected chi connectivity index (χ2v) is 7.68. The summed E-state index contributed by atoms with van der Waals surface area (Å²) in [4.78, 5) is 9.35. The van der Waals surface area contributed by atoms with Gasteiger partial charge < -0.3 is 15.4 Å². The summed E-state index contributed by atoms with van der Waals surface area (Å²) in [6, 6.07) is 8.65. The maximum absolute atomic E-state index is 6.18. The number of halogens is 1. The molecule has 0 bridgehead atoms. The minimum atomic E-state index is 0. The van der Waals surface area contributed by atoms with Crippen molar-refractivity contribution in [3.8, 4) is 0 Å². The fraction of sp³-hybridized carbons (Fsp3) is 0.650. The first-order chi connectivity index (χ1) is 12.1. The normalized spacial score (nSPS) is 25.0. The van der Waals surface area contributed by atoms with Crippen LogP contribution in [0.5, 0.6) is 0 Å². The highest BCUT2D eigenvalue weighted by Crippen LogP contribution is 2.23. The molecule has 0 aliphatic carbocycles. The number of benzene rings is 1. The van der Waals surface area contributed by atoms with Gasteiger partial charge >= 0.3 is 0 Å². The standard InChI is InChI=1S/C20H32N4O.HI/c1-16-11-17(2)14-23(13-16)15-19-6-4-3-5-18(19)12-22-20(21)24-7-9-25-10-8-24;/h3-6,16-17H,7-15H2,1-2H3,(H2,21,22);1H. The first-order valence-corrected chi connectivity index (χ1v) is 9.53. The van der Waals surface area contributed by atoms with Gasteiger partial charge in [-0.1, -0.05) is 38.1 Å². The molecule has 0 aromatic heterocycles. The predicted molar refractivity (Wildman–Crippen MR) is 118 cm³/mol. The number of hydrogen-bond donors (Lipinski definition) is 1. The number of aliphatic imine (C=N–C) groups is 1. The van der Waals surface area contributed by atoms with Crippen molar-refractivity contribution in [2.45, 2.75) is 33.4 Å². The highest BCUT2D eigenvalue weighted by Gasteiger charge is 2.22. The maximum Gasteiger partial charge on any atom is 0.191 e. The summed E-state index contributed by atoms with van der Waals surface area (Å²) in [5.41, 5.74) is 8.84. The number of piperidine rings is 1. The van der Waals surface area contributed by atoms with Crippen LogP contribution in [-0.2, 0) is 17.8 Å². The Hall–Kier alpha value is -0.860. The first kappa shape index (κ1) is 21.4. The molecule has 2 N–H and O–H groups in total. The number of rotatable bonds is 4. The number of guanidine groups is 1.